The summed E-state index contributed by atoms with van der Waals surface area (Å²) in [6, 6.07) is 0. The lowest BCUT2D eigenvalue weighted by Gasteiger charge is -2.47. The number of hydrogen-bond acceptors (Lipinski definition) is 4. The summed E-state index contributed by atoms with van der Waals surface area (Å²) >= 11 is 0. The van der Waals surface area contributed by atoms with Crippen LogP contribution in [-0.2, 0) is 4.74 Å². The molecule has 108 valence electrons. The Kier molecular flexibility index (Phi) is 3.46. The van der Waals surface area contributed by atoms with Crippen LogP contribution in [0.15, 0.2) is 4.99 Å². The van der Waals surface area contributed by atoms with E-state index in [-0.39, 0.29) is 5.54 Å². The average Bonchev–Trinajstić information content (AvgIpc) is 2.93. The summed E-state index contributed by atoms with van der Waals surface area (Å²) in [4.78, 5) is 6.95. The fraction of sp³-hybridized carbons (Fsp3) is 0.933. The predicted octanol–water partition coefficient (Wildman–Crippen LogP) is 1.99. The molecular formula is C15H27N3O. The molecule has 0 aromatic heterocycles. The van der Waals surface area contributed by atoms with Gasteiger partial charge in [0.1, 0.15) is 0 Å². The van der Waals surface area contributed by atoms with Crippen molar-refractivity contribution in [2.45, 2.75) is 57.6 Å². The molecule has 4 nitrogen and oxygen atoms in total. The number of ether oxygens (including phenoxy) is 1. The van der Waals surface area contributed by atoms with Gasteiger partial charge in [0.25, 0.3) is 0 Å². The van der Waals surface area contributed by atoms with Gasteiger partial charge in [-0.1, -0.05) is 13.8 Å². The molecule has 3 atom stereocenters. The topological polar surface area (TPSA) is 50.8 Å². The summed E-state index contributed by atoms with van der Waals surface area (Å²) in [6.45, 7) is 7.48. The molecule has 3 rings (SSSR count). The molecule has 2 fully saturated rings. The van der Waals surface area contributed by atoms with Crippen LogP contribution in [0.2, 0.25) is 0 Å². The van der Waals surface area contributed by atoms with Crippen molar-refractivity contribution in [1.29, 1.82) is 0 Å². The highest BCUT2D eigenvalue weighted by molar-refractivity contribution is 5.81. The molecule has 0 radical (unpaired) electrons. The van der Waals surface area contributed by atoms with E-state index >= 15 is 0 Å². The summed E-state index contributed by atoms with van der Waals surface area (Å²) in [6.07, 6.45) is 6.52. The van der Waals surface area contributed by atoms with Crippen LogP contribution < -0.4 is 5.73 Å². The molecule has 1 saturated carbocycles. The predicted molar refractivity (Wildman–Crippen MR) is 77.1 cm³/mol. The van der Waals surface area contributed by atoms with E-state index in [2.05, 4.69) is 23.7 Å². The summed E-state index contributed by atoms with van der Waals surface area (Å²) in [5.41, 5.74) is 6.36. The van der Waals surface area contributed by atoms with E-state index in [0.717, 1.165) is 37.5 Å². The van der Waals surface area contributed by atoms with Crippen LogP contribution >= 0.6 is 0 Å². The van der Waals surface area contributed by atoms with E-state index in [0.29, 0.717) is 6.10 Å². The summed E-state index contributed by atoms with van der Waals surface area (Å²) in [5, 5.41) is 0. The van der Waals surface area contributed by atoms with E-state index in [1.807, 2.05) is 0 Å². The van der Waals surface area contributed by atoms with Gasteiger partial charge < -0.3 is 15.4 Å². The van der Waals surface area contributed by atoms with Crippen LogP contribution in [0.1, 0.15) is 46.0 Å². The minimum atomic E-state index is 0.188. The second kappa shape index (κ2) is 4.97. The fourth-order valence-electron chi connectivity index (χ4n) is 4.50. The van der Waals surface area contributed by atoms with Crippen molar-refractivity contribution in [3.63, 3.8) is 0 Å². The molecule has 19 heavy (non-hydrogen) atoms. The molecule has 4 heteroatoms. The normalized spacial score (nSPS) is 42.9. The summed E-state index contributed by atoms with van der Waals surface area (Å²) in [7, 11) is 0. The Labute approximate surface area is 116 Å². The van der Waals surface area contributed by atoms with Crippen LogP contribution in [0, 0.1) is 11.8 Å². The molecule has 3 unspecified atom stereocenters. The maximum Gasteiger partial charge on any atom is 0.191 e. The van der Waals surface area contributed by atoms with E-state index in [1.54, 1.807) is 0 Å². The zero-order valence-electron chi connectivity index (χ0n) is 12.3. The second-order valence-corrected chi connectivity index (χ2v) is 7.00. The van der Waals surface area contributed by atoms with Crippen LogP contribution in [-0.4, -0.2) is 42.2 Å². The van der Waals surface area contributed by atoms with Gasteiger partial charge in [-0.25, -0.2) is 0 Å². The minimum Gasteiger partial charge on any atom is -0.376 e. The minimum absolute atomic E-state index is 0.188. The first-order valence-corrected chi connectivity index (χ1v) is 7.78. The van der Waals surface area contributed by atoms with Gasteiger partial charge in [-0.3, -0.25) is 4.99 Å². The fourth-order valence-corrected chi connectivity index (χ4v) is 4.50. The molecule has 2 aliphatic heterocycles. The Bertz CT molecular complexity index is 352. The monoisotopic (exact) mass is 265 g/mol. The molecular weight excluding hydrogens is 238 g/mol. The maximum absolute atomic E-state index is 6.17. The first kappa shape index (κ1) is 13.2. The number of nitrogens with two attached hydrogens (primary N) is 1. The lowest BCUT2D eigenvalue weighted by atomic mass is 9.71. The van der Waals surface area contributed by atoms with Crippen molar-refractivity contribution >= 4 is 5.96 Å². The number of rotatable bonds is 2. The number of hydrogen-bond donors (Lipinski definition) is 1. The van der Waals surface area contributed by atoms with Crippen LogP contribution in [0.3, 0.4) is 0 Å². The Hall–Kier alpha value is -0.770. The van der Waals surface area contributed by atoms with Gasteiger partial charge in [0.05, 0.1) is 18.2 Å². The first-order valence-electron chi connectivity index (χ1n) is 7.78. The van der Waals surface area contributed by atoms with E-state index in [1.165, 1.54) is 32.1 Å². The lowest BCUT2D eigenvalue weighted by Crippen LogP contribution is -2.57. The van der Waals surface area contributed by atoms with Gasteiger partial charge in [-0.15, -0.1) is 0 Å². The number of nitrogens with zero attached hydrogens (tertiary/aromatic N) is 2. The summed E-state index contributed by atoms with van der Waals surface area (Å²) in [5.74, 6) is 2.30. The molecule has 2 N–H and O–H groups in total. The average molecular weight is 265 g/mol. The molecule has 0 bridgehead atoms. The quantitative estimate of drug-likeness (QED) is 0.830. The van der Waals surface area contributed by atoms with Crippen molar-refractivity contribution in [3.8, 4) is 0 Å². The smallest absolute Gasteiger partial charge is 0.191 e. The van der Waals surface area contributed by atoms with E-state index in [9.17, 15) is 0 Å². The standard InChI is InChI=1S/C15H27N3O/c1-11-6-12(2)8-15(7-11)10-17-14(16)18(15)9-13-4-3-5-19-13/h11-13H,3-10H2,1-2H3,(H2,16,17). The third-order valence-electron chi connectivity index (χ3n) is 5.06. The number of guanidine groups is 1. The highest BCUT2D eigenvalue weighted by atomic mass is 16.5. The zero-order valence-corrected chi connectivity index (χ0v) is 12.3. The van der Waals surface area contributed by atoms with Gasteiger partial charge in [0.2, 0.25) is 0 Å². The Morgan fingerprint density at radius 1 is 1.37 bits per heavy atom. The molecule has 1 saturated heterocycles. The van der Waals surface area contributed by atoms with Crippen molar-refractivity contribution in [1.82, 2.24) is 4.90 Å². The summed E-state index contributed by atoms with van der Waals surface area (Å²) < 4.78 is 5.80. The second-order valence-electron chi connectivity index (χ2n) is 7.00. The van der Waals surface area contributed by atoms with Gasteiger partial charge in [0.15, 0.2) is 5.96 Å². The molecule has 0 amide bonds. The van der Waals surface area contributed by atoms with Crippen molar-refractivity contribution in [2.75, 3.05) is 19.7 Å². The van der Waals surface area contributed by atoms with Crippen molar-refractivity contribution in [2.24, 2.45) is 22.6 Å². The molecule has 2 heterocycles. The van der Waals surface area contributed by atoms with Gasteiger partial charge in [-0.2, -0.15) is 0 Å². The number of aliphatic imine (C=N–C) groups is 1. The van der Waals surface area contributed by atoms with Crippen LogP contribution in [0.5, 0.6) is 0 Å². The largest absolute Gasteiger partial charge is 0.376 e. The van der Waals surface area contributed by atoms with E-state index in [4.69, 9.17) is 10.5 Å². The van der Waals surface area contributed by atoms with Gasteiger partial charge >= 0.3 is 0 Å². The van der Waals surface area contributed by atoms with Crippen molar-refractivity contribution in [3.05, 3.63) is 0 Å². The van der Waals surface area contributed by atoms with Crippen molar-refractivity contribution < 1.29 is 4.74 Å². The molecule has 3 aliphatic rings. The molecule has 1 spiro atoms. The SMILES string of the molecule is CC1CC(C)CC2(CN=C(N)N2CC2CCCO2)C1. The Morgan fingerprint density at radius 3 is 2.74 bits per heavy atom. The lowest BCUT2D eigenvalue weighted by molar-refractivity contribution is 0.0330. The van der Waals surface area contributed by atoms with Crippen LogP contribution in [0.25, 0.3) is 0 Å². The highest BCUT2D eigenvalue weighted by Gasteiger charge is 2.47. The Morgan fingerprint density at radius 2 is 2.11 bits per heavy atom. The zero-order chi connectivity index (χ0) is 13.5. The first-order chi connectivity index (χ1) is 9.09. The Balaban J connectivity index is 1.75. The third-order valence-corrected chi connectivity index (χ3v) is 5.06. The maximum atomic E-state index is 6.17. The highest BCUT2D eigenvalue weighted by Crippen LogP contribution is 2.42. The third kappa shape index (κ3) is 2.47. The van der Waals surface area contributed by atoms with Gasteiger partial charge in [0, 0.05) is 13.2 Å². The van der Waals surface area contributed by atoms with Crippen LogP contribution in [0.4, 0.5) is 0 Å². The molecule has 1 aliphatic carbocycles. The molecule has 0 aromatic rings. The molecule has 0 aromatic carbocycles. The van der Waals surface area contributed by atoms with E-state index < -0.39 is 0 Å². The van der Waals surface area contributed by atoms with Gasteiger partial charge in [-0.05, 0) is 43.9 Å².